The van der Waals surface area contributed by atoms with Crippen molar-refractivity contribution in [2.45, 2.75) is 71.2 Å². The van der Waals surface area contributed by atoms with Gasteiger partial charge in [-0.2, -0.15) is 0 Å². The Morgan fingerprint density at radius 1 is 1.40 bits per heavy atom. The largest absolute Gasteiger partial charge is 0.487 e. The Morgan fingerprint density at radius 3 is 2.75 bits per heavy atom. The number of benzene rings is 1. The fourth-order valence-corrected chi connectivity index (χ4v) is 3.04. The van der Waals surface area contributed by atoms with Crippen molar-refractivity contribution in [2.24, 2.45) is 0 Å². The van der Waals surface area contributed by atoms with Gasteiger partial charge in [-0.1, -0.05) is 20.3 Å². The lowest BCUT2D eigenvalue weighted by atomic mass is 9.83. The van der Waals surface area contributed by atoms with Gasteiger partial charge in [0.15, 0.2) is 0 Å². The Morgan fingerprint density at radius 2 is 2.15 bits per heavy atom. The van der Waals surface area contributed by atoms with E-state index in [9.17, 15) is 4.39 Å². The van der Waals surface area contributed by atoms with Gasteiger partial charge in [0.05, 0.1) is 12.2 Å². The average molecular weight is 280 g/mol. The molecule has 1 aromatic carbocycles. The van der Waals surface area contributed by atoms with Gasteiger partial charge in [-0.25, -0.2) is 4.39 Å². The summed E-state index contributed by atoms with van der Waals surface area (Å²) < 4.78 is 25.8. The van der Waals surface area contributed by atoms with E-state index in [1.807, 2.05) is 13.8 Å². The summed E-state index contributed by atoms with van der Waals surface area (Å²) in [6.07, 6.45) is 3.84. The second-order valence-corrected chi connectivity index (χ2v) is 5.95. The van der Waals surface area contributed by atoms with Crippen LogP contribution in [0.3, 0.4) is 0 Å². The number of fused-ring (bicyclic) bond motifs is 1. The zero-order valence-corrected chi connectivity index (χ0v) is 12.9. The molecule has 2 atom stereocenters. The summed E-state index contributed by atoms with van der Waals surface area (Å²) in [4.78, 5) is 0. The highest BCUT2D eigenvalue weighted by Crippen LogP contribution is 2.45. The average Bonchev–Trinajstić information content (AvgIpc) is 2.39. The Kier molecular flexibility index (Phi) is 4.69. The van der Waals surface area contributed by atoms with Crippen LogP contribution in [-0.4, -0.2) is 11.7 Å². The van der Waals surface area contributed by atoms with Crippen molar-refractivity contribution >= 4 is 0 Å². The molecule has 0 saturated carbocycles. The predicted octanol–water partition coefficient (Wildman–Crippen LogP) is 5.02. The van der Waals surface area contributed by atoms with Gasteiger partial charge in [-0.3, -0.25) is 0 Å². The fourth-order valence-electron chi connectivity index (χ4n) is 3.04. The van der Waals surface area contributed by atoms with Gasteiger partial charge >= 0.3 is 0 Å². The lowest BCUT2D eigenvalue weighted by Gasteiger charge is -2.42. The van der Waals surface area contributed by atoms with E-state index in [2.05, 4.69) is 13.8 Å². The maximum atomic E-state index is 13.5. The second-order valence-electron chi connectivity index (χ2n) is 5.95. The molecule has 20 heavy (non-hydrogen) atoms. The van der Waals surface area contributed by atoms with E-state index in [1.165, 1.54) is 6.07 Å². The van der Waals surface area contributed by atoms with Crippen LogP contribution in [0.5, 0.6) is 5.75 Å². The molecule has 0 aromatic heterocycles. The Balaban J connectivity index is 2.38. The molecule has 3 heteroatoms. The lowest BCUT2D eigenvalue weighted by molar-refractivity contribution is -0.0739. The first-order chi connectivity index (χ1) is 9.49. The smallest absolute Gasteiger partial charge is 0.126 e. The Hall–Kier alpha value is -1.09. The molecule has 2 unspecified atom stereocenters. The van der Waals surface area contributed by atoms with Crippen molar-refractivity contribution < 1.29 is 13.9 Å². The van der Waals surface area contributed by atoms with Crippen molar-refractivity contribution in [1.29, 1.82) is 0 Å². The molecule has 0 fully saturated rings. The van der Waals surface area contributed by atoms with Gasteiger partial charge < -0.3 is 9.47 Å². The molecular formula is C17H25FO2. The van der Waals surface area contributed by atoms with Crippen LogP contribution in [-0.2, 0) is 4.74 Å². The summed E-state index contributed by atoms with van der Waals surface area (Å²) in [6, 6.07) is 4.75. The molecule has 0 saturated heterocycles. The van der Waals surface area contributed by atoms with E-state index >= 15 is 0 Å². The van der Waals surface area contributed by atoms with Crippen molar-refractivity contribution in [3.63, 3.8) is 0 Å². The minimum Gasteiger partial charge on any atom is -0.487 e. The minimum absolute atomic E-state index is 0.0825. The van der Waals surface area contributed by atoms with Gasteiger partial charge in [-0.05, 0) is 44.9 Å². The highest BCUT2D eigenvalue weighted by molar-refractivity contribution is 5.38. The molecule has 1 aliphatic rings. The molecule has 0 radical (unpaired) electrons. The number of ether oxygens (including phenoxy) is 2. The molecule has 0 bridgehead atoms. The highest BCUT2D eigenvalue weighted by atomic mass is 19.1. The number of rotatable bonds is 5. The van der Waals surface area contributed by atoms with Gasteiger partial charge in [0, 0.05) is 12.0 Å². The van der Waals surface area contributed by atoms with Crippen LogP contribution in [0.15, 0.2) is 18.2 Å². The van der Waals surface area contributed by atoms with E-state index in [0.717, 1.165) is 37.0 Å². The predicted molar refractivity (Wildman–Crippen MR) is 78.5 cm³/mol. The van der Waals surface area contributed by atoms with Gasteiger partial charge in [0.25, 0.3) is 0 Å². The molecule has 0 aliphatic carbocycles. The summed E-state index contributed by atoms with van der Waals surface area (Å²) in [6.45, 7) is 8.35. The van der Waals surface area contributed by atoms with Crippen LogP contribution in [0.2, 0.25) is 0 Å². The second kappa shape index (κ2) is 6.13. The standard InChI is InChI=1S/C17H25FO2/c1-5-9-17(6-2)11-16(19-12(3)4)14-10-13(18)7-8-15(14)20-17/h7-8,10,12,16H,5-6,9,11H2,1-4H3. The summed E-state index contributed by atoms with van der Waals surface area (Å²) in [5.41, 5.74) is 0.665. The first-order valence-corrected chi connectivity index (χ1v) is 7.63. The van der Waals surface area contributed by atoms with Crippen LogP contribution in [0.1, 0.15) is 65.0 Å². The summed E-state index contributed by atoms with van der Waals surface area (Å²) in [5, 5.41) is 0. The van der Waals surface area contributed by atoms with Crippen LogP contribution in [0, 0.1) is 5.82 Å². The molecule has 1 aliphatic heterocycles. The van der Waals surface area contributed by atoms with Crippen molar-refractivity contribution in [3.05, 3.63) is 29.6 Å². The van der Waals surface area contributed by atoms with Crippen molar-refractivity contribution in [2.75, 3.05) is 0 Å². The van der Waals surface area contributed by atoms with Crippen LogP contribution in [0.4, 0.5) is 4.39 Å². The molecule has 2 rings (SSSR count). The summed E-state index contributed by atoms with van der Waals surface area (Å²) >= 11 is 0. The maximum absolute atomic E-state index is 13.5. The van der Waals surface area contributed by atoms with Gasteiger partial charge in [0.2, 0.25) is 0 Å². The van der Waals surface area contributed by atoms with Gasteiger partial charge in [-0.15, -0.1) is 0 Å². The molecule has 0 amide bonds. The van der Waals surface area contributed by atoms with Crippen molar-refractivity contribution in [1.82, 2.24) is 0 Å². The molecule has 112 valence electrons. The summed E-state index contributed by atoms with van der Waals surface area (Å²) in [5.74, 6) is 0.544. The molecule has 1 heterocycles. The molecule has 2 nitrogen and oxygen atoms in total. The topological polar surface area (TPSA) is 18.5 Å². The van der Waals surface area contributed by atoms with E-state index in [-0.39, 0.29) is 23.6 Å². The van der Waals surface area contributed by atoms with E-state index in [4.69, 9.17) is 9.47 Å². The highest BCUT2D eigenvalue weighted by Gasteiger charge is 2.40. The summed E-state index contributed by atoms with van der Waals surface area (Å²) in [7, 11) is 0. The van der Waals surface area contributed by atoms with E-state index < -0.39 is 0 Å². The first-order valence-electron chi connectivity index (χ1n) is 7.63. The Bertz CT molecular complexity index is 458. The number of hydrogen-bond acceptors (Lipinski definition) is 2. The molecule has 1 aromatic rings. The monoisotopic (exact) mass is 280 g/mol. The number of halogens is 1. The van der Waals surface area contributed by atoms with Crippen molar-refractivity contribution in [3.8, 4) is 5.75 Å². The lowest BCUT2D eigenvalue weighted by Crippen LogP contribution is -2.41. The van der Waals surface area contributed by atoms with E-state index in [0.29, 0.717) is 0 Å². The fraction of sp³-hybridized carbons (Fsp3) is 0.647. The SMILES string of the molecule is CCCC1(CC)CC(OC(C)C)c2cc(F)ccc2O1. The van der Waals surface area contributed by atoms with Crippen LogP contribution >= 0.6 is 0 Å². The van der Waals surface area contributed by atoms with Crippen LogP contribution in [0.25, 0.3) is 0 Å². The molecule has 0 N–H and O–H groups in total. The third kappa shape index (κ3) is 3.14. The zero-order valence-electron chi connectivity index (χ0n) is 12.9. The minimum atomic E-state index is -0.232. The van der Waals surface area contributed by atoms with Gasteiger partial charge in [0.1, 0.15) is 17.2 Å². The van der Waals surface area contributed by atoms with E-state index in [1.54, 1.807) is 12.1 Å². The first kappa shape index (κ1) is 15.3. The molecule has 0 spiro atoms. The number of hydrogen-bond donors (Lipinski definition) is 0. The Labute approximate surface area is 121 Å². The quantitative estimate of drug-likeness (QED) is 0.753. The molecular weight excluding hydrogens is 255 g/mol. The maximum Gasteiger partial charge on any atom is 0.126 e. The normalized spacial score (nSPS) is 25.4. The van der Waals surface area contributed by atoms with Crippen LogP contribution < -0.4 is 4.74 Å². The third-order valence-electron chi connectivity index (χ3n) is 3.99. The third-order valence-corrected chi connectivity index (χ3v) is 3.99. The zero-order chi connectivity index (χ0) is 14.8.